The summed E-state index contributed by atoms with van der Waals surface area (Å²) in [5, 5.41) is 9.01. The van der Waals surface area contributed by atoms with Crippen LogP contribution in [0.2, 0.25) is 0 Å². The van der Waals surface area contributed by atoms with Gasteiger partial charge in [-0.3, -0.25) is 14.5 Å². The van der Waals surface area contributed by atoms with Crippen LogP contribution in [-0.2, 0) is 11.8 Å². The van der Waals surface area contributed by atoms with Crippen molar-refractivity contribution >= 4 is 17.6 Å². The number of rotatable bonds is 4. The molecule has 0 aliphatic rings. The predicted octanol–water partition coefficient (Wildman–Crippen LogP) is 2.06. The maximum atomic E-state index is 12.5. The summed E-state index contributed by atoms with van der Waals surface area (Å²) in [6.07, 6.45) is 1.75. The van der Waals surface area contributed by atoms with Crippen LogP contribution in [0, 0.1) is 6.92 Å². The van der Waals surface area contributed by atoms with E-state index in [0.29, 0.717) is 11.4 Å². The van der Waals surface area contributed by atoms with Gasteiger partial charge in [0, 0.05) is 18.9 Å². The number of hydrogen-bond acceptors (Lipinski definition) is 2. The van der Waals surface area contributed by atoms with Crippen molar-refractivity contribution in [3.05, 3.63) is 53.9 Å². The molecule has 0 radical (unpaired) electrons. The number of nitrogens with zero attached hydrogens (tertiary/aromatic N) is 2. The third-order valence-electron chi connectivity index (χ3n) is 3.05. The number of carbonyl (C=O) groups is 2. The number of amides is 1. The molecule has 0 bridgehead atoms. The van der Waals surface area contributed by atoms with Gasteiger partial charge in [0.05, 0.1) is 0 Å². The van der Waals surface area contributed by atoms with Crippen molar-refractivity contribution < 1.29 is 14.7 Å². The topological polar surface area (TPSA) is 62.5 Å². The van der Waals surface area contributed by atoms with Crippen LogP contribution in [0.1, 0.15) is 16.1 Å². The molecule has 5 nitrogen and oxygen atoms in total. The zero-order valence-electron chi connectivity index (χ0n) is 11.4. The molecule has 1 heterocycles. The van der Waals surface area contributed by atoms with Gasteiger partial charge in [0.15, 0.2) is 0 Å². The number of carboxylic acids is 1. The maximum Gasteiger partial charge on any atom is 0.323 e. The molecule has 0 spiro atoms. The predicted molar refractivity (Wildman–Crippen MR) is 75.9 cm³/mol. The normalized spacial score (nSPS) is 10.3. The van der Waals surface area contributed by atoms with E-state index in [1.54, 1.807) is 42.1 Å². The van der Waals surface area contributed by atoms with Crippen LogP contribution in [0.4, 0.5) is 5.69 Å². The number of aromatic nitrogens is 1. The molecular weight excluding hydrogens is 256 g/mol. The Kier molecular flexibility index (Phi) is 3.89. The van der Waals surface area contributed by atoms with Crippen LogP contribution in [0.5, 0.6) is 0 Å². The van der Waals surface area contributed by atoms with Gasteiger partial charge in [0.1, 0.15) is 12.2 Å². The van der Waals surface area contributed by atoms with Gasteiger partial charge >= 0.3 is 5.97 Å². The van der Waals surface area contributed by atoms with E-state index in [9.17, 15) is 9.59 Å². The smallest absolute Gasteiger partial charge is 0.323 e. The van der Waals surface area contributed by atoms with Crippen molar-refractivity contribution in [3.63, 3.8) is 0 Å². The zero-order valence-corrected chi connectivity index (χ0v) is 11.4. The largest absolute Gasteiger partial charge is 0.480 e. The molecule has 104 valence electrons. The molecule has 0 atom stereocenters. The first kappa shape index (κ1) is 13.9. The van der Waals surface area contributed by atoms with Gasteiger partial charge in [-0.1, -0.05) is 17.7 Å². The highest BCUT2D eigenvalue weighted by molar-refractivity contribution is 6.07. The van der Waals surface area contributed by atoms with E-state index >= 15 is 0 Å². The summed E-state index contributed by atoms with van der Waals surface area (Å²) in [6.45, 7) is 1.57. The molecular formula is C15H16N2O3. The first-order valence-corrected chi connectivity index (χ1v) is 6.20. The summed E-state index contributed by atoms with van der Waals surface area (Å²) >= 11 is 0. The Morgan fingerprint density at radius 3 is 2.35 bits per heavy atom. The Morgan fingerprint density at radius 1 is 1.20 bits per heavy atom. The van der Waals surface area contributed by atoms with Crippen molar-refractivity contribution in [2.45, 2.75) is 6.92 Å². The van der Waals surface area contributed by atoms with E-state index in [4.69, 9.17) is 5.11 Å². The zero-order chi connectivity index (χ0) is 14.7. The Balaban J connectivity index is 2.37. The van der Waals surface area contributed by atoms with Crippen molar-refractivity contribution in [1.82, 2.24) is 4.57 Å². The lowest BCUT2D eigenvalue weighted by atomic mass is 10.2. The van der Waals surface area contributed by atoms with Gasteiger partial charge in [-0.2, -0.15) is 0 Å². The monoisotopic (exact) mass is 272 g/mol. The molecule has 1 amide bonds. The summed E-state index contributed by atoms with van der Waals surface area (Å²) < 4.78 is 1.67. The van der Waals surface area contributed by atoms with Crippen LogP contribution in [0.3, 0.4) is 0 Å². The standard InChI is InChI=1S/C15H16N2O3/c1-11-5-7-12(8-6-11)17(10-14(18)19)15(20)13-4-3-9-16(13)2/h3-9H,10H2,1-2H3,(H,18,19). The highest BCUT2D eigenvalue weighted by atomic mass is 16.4. The Bertz CT molecular complexity index is 629. The molecule has 1 aromatic carbocycles. The maximum absolute atomic E-state index is 12.5. The molecule has 0 unspecified atom stereocenters. The number of carboxylic acid groups (broad SMARTS) is 1. The van der Waals surface area contributed by atoms with Crippen molar-refractivity contribution in [1.29, 1.82) is 0 Å². The fourth-order valence-corrected chi connectivity index (χ4v) is 1.96. The molecule has 1 N–H and O–H groups in total. The summed E-state index contributed by atoms with van der Waals surface area (Å²) in [4.78, 5) is 24.8. The van der Waals surface area contributed by atoms with E-state index in [1.165, 1.54) is 4.90 Å². The molecule has 2 aromatic rings. The quantitative estimate of drug-likeness (QED) is 0.926. The minimum Gasteiger partial charge on any atom is -0.480 e. The van der Waals surface area contributed by atoms with Gasteiger partial charge < -0.3 is 9.67 Å². The second kappa shape index (κ2) is 5.61. The highest BCUT2D eigenvalue weighted by Gasteiger charge is 2.22. The third kappa shape index (κ3) is 2.88. The molecule has 20 heavy (non-hydrogen) atoms. The second-order valence-corrected chi connectivity index (χ2v) is 4.62. The van der Waals surface area contributed by atoms with E-state index in [2.05, 4.69) is 0 Å². The summed E-state index contributed by atoms with van der Waals surface area (Å²) in [5.74, 6) is -1.38. The van der Waals surface area contributed by atoms with Crippen molar-refractivity contribution in [2.75, 3.05) is 11.4 Å². The lowest BCUT2D eigenvalue weighted by Crippen LogP contribution is -2.36. The number of carbonyl (C=O) groups excluding carboxylic acids is 1. The number of benzene rings is 1. The van der Waals surface area contributed by atoms with E-state index < -0.39 is 5.97 Å². The minimum absolute atomic E-state index is 0.330. The molecule has 0 saturated carbocycles. The Hall–Kier alpha value is -2.56. The van der Waals surface area contributed by atoms with Gasteiger partial charge in [-0.25, -0.2) is 0 Å². The van der Waals surface area contributed by atoms with Crippen LogP contribution < -0.4 is 4.90 Å². The van der Waals surface area contributed by atoms with Gasteiger partial charge in [-0.05, 0) is 31.2 Å². The Labute approximate surface area is 117 Å². The fourth-order valence-electron chi connectivity index (χ4n) is 1.96. The molecule has 5 heteroatoms. The average Bonchev–Trinajstić information content (AvgIpc) is 2.82. The molecule has 0 aliphatic carbocycles. The SMILES string of the molecule is Cc1ccc(N(CC(=O)O)C(=O)c2cccn2C)cc1. The van der Waals surface area contributed by atoms with Gasteiger partial charge in [0.2, 0.25) is 0 Å². The first-order valence-electron chi connectivity index (χ1n) is 6.20. The van der Waals surface area contributed by atoms with Crippen LogP contribution >= 0.6 is 0 Å². The number of hydrogen-bond donors (Lipinski definition) is 1. The molecule has 1 aromatic heterocycles. The second-order valence-electron chi connectivity index (χ2n) is 4.62. The van der Waals surface area contributed by atoms with Crippen LogP contribution in [-0.4, -0.2) is 28.1 Å². The number of aryl methyl sites for hydroxylation is 2. The van der Waals surface area contributed by atoms with Crippen LogP contribution in [0.15, 0.2) is 42.6 Å². The van der Waals surface area contributed by atoms with E-state index in [-0.39, 0.29) is 12.5 Å². The lowest BCUT2D eigenvalue weighted by molar-refractivity contribution is -0.135. The fraction of sp³-hybridized carbons (Fsp3) is 0.200. The molecule has 0 fully saturated rings. The number of aliphatic carboxylic acids is 1. The van der Waals surface area contributed by atoms with Crippen LogP contribution in [0.25, 0.3) is 0 Å². The highest BCUT2D eigenvalue weighted by Crippen LogP contribution is 2.18. The lowest BCUT2D eigenvalue weighted by Gasteiger charge is -2.21. The number of anilines is 1. The summed E-state index contributed by atoms with van der Waals surface area (Å²) in [6, 6.07) is 10.6. The molecule has 2 rings (SSSR count). The first-order chi connectivity index (χ1) is 9.49. The third-order valence-corrected chi connectivity index (χ3v) is 3.05. The van der Waals surface area contributed by atoms with E-state index in [1.807, 2.05) is 19.1 Å². The molecule has 0 saturated heterocycles. The summed E-state index contributed by atoms with van der Waals surface area (Å²) in [7, 11) is 1.75. The van der Waals surface area contributed by atoms with Crippen molar-refractivity contribution in [2.24, 2.45) is 7.05 Å². The minimum atomic E-state index is -1.05. The van der Waals surface area contributed by atoms with Gasteiger partial charge in [-0.15, -0.1) is 0 Å². The Morgan fingerprint density at radius 2 is 1.85 bits per heavy atom. The van der Waals surface area contributed by atoms with Gasteiger partial charge in [0.25, 0.3) is 5.91 Å². The molecule has 0 aliphatic heterocycles. The van der Waals surface area contributed by atoms with E-state index in [0.717, 1.165) is 5.56 Å². The summed E-state index contributed by atoms with van der Waals surface area (Å²) in [5.41, 5.74) is 2.08. The average molecular weight is 272 g/mol. The van der Waals surface area contributed by atoms with Crippen molar-refractivity contribution in [3.8, 4) is 0 Å².